The highest BCUT2D eigenvalue weighted by molar-refractivity contribution is 5.98. The fourth-order valence-electron chi connectivity index (χ4n) is 2.26. The summed E-state index contributed by atoms with van der Waals surface area (Å²) < 4.78 is 0. The van der Waals surface area contributed by atoms with E-state index in [9.17, 15) is 9.59 Å². The van der Waals surface area contributed by atoms with Gasteiger partial charge in [0, 0.05) is 11.6 Å². The van der Waals surface area contributed by atoms with Gasteiger partial charge in [-0.1, -0.05) is 45.9 Å². The Morgan fingerprint density at radius 2 is 1.61 bits per heavy atom. The molecule has 0 heterocycles. The number of aryl methyl sites for hydroxylation is 1. The summed E-state index contributed by atoms with van der Waals surface area (Å²) in [7, 11) is 0. The van der Waals surface area contributed by atoms with Crippen LogP contribution in [0.1, 0.15) is 57.0 Å². The quantitative estimate of drug-likeness (QED) is 0.810. The second-order valence-corrected chi connectivity index (χ2v) is 7.01. The van der Waals surface area contributed by atoms with Gasteiger partial charge in [-0.15, -0.1) is 0 Å². The molecule has 0 radical (unpaired) electrons. The maximum Gasteiger partial charge on any atom is 0.252 e. The summed E-state index contributed by atoms with van der Waals surface area (Å²) in [6.07, 6.45) is 0.619. The molecule has 1 aromatic rings. The first-order valence-electron chi connectivity index (χ1n) is 8.39. The van der Waals surface area contributed by atoms with E-state index in [4.69, 9.17) is 0 Å². The monoisotopic (exact) mass is 318 g/mol. The molecular formula is C19H30N2O2. The molecular weight excluding hydrogens is 288 g/mol. The van der Waals surface area contributed by atoms with E-state index in [1.165, 1.54) is 0 Å². The van der Waals surface area contributed by atoms with Crippen molar-refractivity contribution in [1.29, 1.82) is 0 Å². The minimum Gasteiger partial charge on any atom is -0.352 e. The topological polar surface area (TPSA) is 58.2 Å². The van der Waals surface area contributed by atoms with Crippen molar-refractivity contribution in [3.05, 3.63) is 35.4 Å². The second kappa shape index (κ2) is 8.70. The Hall–Kier alpha value is -1.84. The van der Waals surface area contributed by atoms with Crippen molar-refractivity contribution in [2.75, 3.05) is 0 Å². The highest BCUT2D eigenvalue weighted by Crippen LogP contribution is 2.11. The molecule has 2 atom stereocenters. The standard InChI is InChI=1S/C19H30N2O2/c1-12(2)11-17(19(23)20-15(6)13(3)4)21-18(22)16-10-8-7-9-14(16)5/h7-10,12-13,15,17H,11H2,1-6H3,(H,20,23)(H,21,22). The SMILES string of the molecule is Cc1ccccc1C(=O)NC(CC(C)C)C(=O)NC(C)C(C)C. The van der Waals surface area contributed by atoms with E-state index in [0.717, 1.165) is 5.56 Å². The molecule has 1 rings (SSSR count). The van der Waals surface area contributed by atoms with Gasteiger partial charge in [0.05, 0.1) is 0 Å². The molecule has 128 valence electrons. The van der Waals surface area contributed by atoms with Crippen LogP contribution in [0.5, 0.6) is 0 Å². The first kappa shape index (κ1) is 19.2. The Bertz CT molecular complexity index is 538. The third-order valence-electron chi connectivity index (χ3n) is 4.09. The largest absolute Gasteiger partial charge is 0.352 e. The van der Waals surface area contributed by atoms with Gasteiger partial charge < -0.3 is 10.6 Å². The van der Waals surface area contributed by atoms with Crippen molar-refractivity contribution < 1.29 is 9.59 Å². The predicted molar refractivity (Wildman–Crippen MR) is 94.3 cm³/mol. The lowest BCUT2D eigenvalue weighted by atomic mass is 10.0. The Labute approximate surface area is 140 Å². The number of nitrogens with one attached hydrogen (secondary N) is 2. The van der Waals surface area contributed by atoms with Crippen LogP contribution in [0.2, 0.25) is 0 Å². The molecule has 2 amide bonds. The fourth-order valence-corrected chi connectivity index (χ4v) is 2.26. The summed E-state index contributed by atoms with van der Waals surface area (Å²) >= 11 is 0. The molecule has 0 spiro atoms. The number of amides is 2. The molecule has 1 aromatic carbocycles. The zero-order valence-corrected chi connectivity index (χ0v) is 15.1. The molecule has 0 fully saturated rings. The van der Waals surface area contributed by atoms with E-state index in [1.807, 2.05) is 45.9 Å². The minimum atomic E-state index is -0.511. The number of hydrogen-bond donors (Lipinski definition) is 2. The molecule has 0 saturated heterocycles. The second-order valence-electron chi connectivity index (χ2n) is 7.01. The summed E-state index contributed by atoms with van der Waals surface area (Å²) in [6, 6.07) is 6.98. The lowest BCUT2D eigenvalue weighted by molar-refractivity contribution is -0.124. The third kappa shape index (κ3) is 6.05. The van der Waals surface area contributed by atoms with E-state index in [-0.39, 0.29) is 17.9 Å². The van der Waals surface area contributed by atoms with E-state index in [0.29, 0.717) is 23.8 Å². The van der Waals surface area contributed by atoms with E-state index < -0.39 is 6.04 Å². The van der Waals surface area contributed by atoms with Crippen LogP contribution < -0.4 is 10.6 Å². The van der Waals surface area contributed by atoms with Gasteiger partial charge in [0.1, 0.15) is 6.04 Å². The van der Waals surface area contributed by atoms with Crippen LogP contribution in [0.25, 0.3) is 0 Å². The number of carbonyl (C=O) groups is 2. The van der Waals surface area contributed by atoms with Gasteiger partial charge in [-0.2, -0.15) is 0 Å². The van der Waals surface area contributed by atoms with E-state index >= 15 is 0 Å². The predicted octanol–water partition coefficient (Wildman–Crippen LogP) is 3.30. The van der Waals surface area contributed by atoms with E-state index in [2.05, 4.69) is 24.5 Å². The zero-order valence-electron chi connectivity index (χ0n) is 15.1. The molecule has 0 aromatic heterocycles. The van der Waals surface area contributed by atoms with Crippen molar-refractivity contribution >= 4 is 11.8 Å². The van der Waals surface area contributed by atoms with E-state index in [1.54, 1.807) is 6.07 Å². The van der Waals surface area contributed by atoms with Crippen LogP contribution in [-0.2, 0) is 4.79 Å². The molecule has 0 aliphatic heterocycles. The normalized spacial score (nSPS) is 13.7. The summed E-state index contributed by atoms with van der Waals surface area (Å²) in [5.74, 6) is 0.367. The van der Waals surface area contributed by atoms with Gasteiger partial charge in [0.25, 0.3) is 5.91 Å². The molecule has 4 nitrogen and oxygen atoms in total. The summed E-state index contributed by atoms with van der Waals surface area (Å²) in [4.78, 5) is 25.0. The minimum absolute atomic E-state index is 0.0764. The first-order chi connectivity index (χ1) is 10.7. The molecule has 2 unspecified atom stereocenters. The van der Waals surface area contributed by atoms with Crippen molar-refractivity contribution in [1.82, 2.24) is 10.6 Å². The maximum absolute atomic E-state index is 12.5. The summed E-state index contributed by atoms with van der Waals surface area (Å²) in [5.41, 5.74) is 1.52. The Morgan fingerprint density at radius 1 is 1.00 bits per heavy atom. The Balaban J connectivity index is 2.84. The molecule has 23 heavy (non-hydrogen) atoms. The van der Waals surface area contributed by atoms with Gasteiger partial charge in [0.2, 0.25) is 5.91 Å². The fraction of sp³-hybridized carbons (Fsp3) is 0.579. The molecule has 0 aliphatic carbocycles. The van der Waals surface area contributed by atoms with Gasteiger partial charge in [-0.3, -0.25) is 9.59 Å². The number of rotatable bonds is 7. The lowest BCUT2D eigenvalue weighted by Crippen LogP contribution is -2.50. The van der Waals surface area contributed by atoms with Gasteiger partial charge in [-0.25, -0.2) is 0 Å². The number of carbonyl (C=O) groups excluding carboxylic acids is 2. The highest BCUT2D eigenvalue weighted by Gasteiger charge is 2.24. The number of hydrogen-bond acceptors (Lipinski definition) is 2. The van der Waals surface area contributed by atoms with Crippen molar-refractivity contribution in [2.24, 2.45) is 11.8 Å². The Kier molecular flexibility index (Phi) is 7.27. The van der Waals surface area contributed by atoms with Crippen LogP contribution in [0.3, 0.4) is 0 Å². The van der Waals surface area contributed by atoms with Gasteiger partial charge in [0.15, 0.2) is 0 Å². The molecule has 2 N–H and O–H groups in total. The van der Waals surface area contributed by atoms with Crippen LogP contribution in [0, 0.1) is 18.8 Å². The Morgan fingerprint density at radius 3 is 2.13 bits per heavy atom. The molecule has 0 bridgehead atoms. The number of benzene rings is 1. The van der Waals surface area contributed by atoms with Crippen molar-refractivity contribution in [3.8, 4) is 0 Å². The van der Waals surface area contributed by atoms with Crippen molar-refractivity contribution in [2.45, 2.75) is 60.0 Å². The molecule has 0 saturated carbocycles. The molecule has 0 aliphatic rings. The third-order valence-corrected chi connectivity index (χ3v) is 4.09. The highest BCUT2D eigenvalue weighted by atomic mass is 16.2. The first-order valence-corrected chi connectivity index (χ1v) is 8.39. The average molecular weight is 318 g/mol. The van der Waals surface area contributed by atoms with Crippen molar-refractivity contribution in [3.63, 3.8) is 0 Å². The lowest BCUT2D eigenvalue weighted by Gasteiger charge is -2.24. The molecule has 4 heteroatoms. The van der Waals surface area contributed by atoms with Crippen LogP contribution >= 0.6 is 0 Å². The smallest absolute Gasteiger partial charge is 0.252 e. The van der Waals surface area contributed by atoms with Crippen LogP contribution in [-0.4, -0.2) is 23.9 Å². The van der Waals surface area contributed by atoms with Crippen LogP contribution in [0.15, 0.2) is 24.3 Å². The maximum atomic E-state index is 12.5. The zero-order chi connectivity index (χ0) is 17.6. The summed E-state index contributed by atoms with van der Waals surface area (Å²) in [5, 5.41) is 5.90. The average Bonchev–Trinajstić information content (AvgIpc) is 2.46. The summed E-state index contributed by atoms with van der Waals surface area (Å²) in [6.45, 7) is 12.1. The van der Waals surface area contributed by atoms with Gasteiger partial charge >= 0.3 is 0 Å². The van der Waals surface area contributed by atoms with Crippen LogP contribution in [0.4, 0.5) is 0 Å². The van der Waals surface area contributed by atoms with Gasteiger partial charge in [-0.05, 0) is 43.7 Å².